The zero-order valence-corrected chi connectivity index (χ0v) is 5.66. The van der Waals surface area contributed by atoms with Gasteiger partial charge in [0.15, 0.2) is 0 Å². The lowest BCUT2D eigenvalue weighted by molar-refractivity contribution is 0.444. The van der Waals surface area contributed by atoms with Crippen LogP contribution in [0.3, 0.4) is 0 Å². The van der Waals surface area contributed by atoms with Crippen LogP contribution in [-0.4, -0.2) is 0 Å². The summed E-state index contributed by atoms with van der Waals surface area (Å²) < 4.78 is 12.2. The highest BCUT2D eigenvalue weighted by atomic mass is 19.2. The fraction of sp³-hybridized carbons (Fsp3) is 0. The van der Waals surface area contributed by atoms with Crippen molar-refractivity contribution < 1.29 is 4.48 Å². The van der Waals surface area contributed by atoms with E-state index in [1.54, 1.807) is 0 Å². The minimum absolute atomic E-state index is 0.00115. The third-order valence-corrected chi connectivity index (χ3v) is 1.24. The van der Waals surface area contributed by atoms with Crippen LogP contribution in [0.4, 0.5) is 10.2 Å². The molecule has 0 unspecified atom stereocenters. The third kappa shape index (κ3) is 1.66. The van der Waals surface area contributed by atoms with E-state index in [4.69, 9.17) is 11.1 Å². The summed E-state index contributed by atoms with van der Waals surface area (Å²) in [7, 11) is 0. The highest BCUT2D eigenvalue weighted by Crippen LogP contribution is 2.11. The van der Waals surface area contributed by atoms with Crippen LogP contribution < -0.4 is 11.1 Å². The molecule has 1 aromatic carbocycles. The highest BCUT2D eigenvalue weighted by molar-refractivity contribution is 5.46. The van der Waals surface area contributed by atoms with Crippen LogP contribution in [0, 0.1) is 11.3 Å². The second-order valence-electron chi connectivity index (χ2n) is 1.97. The first kappa shape index (κ1) is 7.51. The number of hydrogen-bond donors (Lipinski definition) is 1. The zero-order chi connectivity index (χ0) is 8.27. The average molecular weight is 151 g/mol. The molecular weight excluding hydrogens is 145 g/mol. The van der Waals surface area contributed by atoms with E-state index in [1.165, 1.54) is 24.3 Å². The lowest BCUT2D eigenvalue weighted by Crippen LogP contribution is -2.19. The molecule has 0 aromatic heterocycles. The largest absolute Gasteiger partial charge is 0.218 e. The lowest BCUT2D eigenvalue weighted by Gasteiger charge is -2.04. The van der Waals surface area contributed by atoms with E-state index in [9.17, 15) is 4.48 Å². The molecule has 2 N–H and O–H groups in total. The van der Waals surface area contributed by atoms with Crippen molar-refractivity contribution in [3.05, 3.63) is 29.8 Å². The second kappa shape index (κ2) is 2.99. The molecule has 0 aliphatic carbocycles. The minimum Gasteiger partial charge on any atom is -0.218 e. The molecular formula is C7H6FN3. The van der Waals surface area contributed by atoms with E-state index in [0.717, 1.165) is 0 Å². The Balaban J connectivity index is 2.94. The van der Waals surface area contributed by atoms with E-state index < -0.39 is 0 Å². The third-order valence-electron chi connectivity index (χ3n) is 1.24. The van der Waals surface area contributed by atoms with Gasteiger partial charge in [0.25, 0.3) is 0 Å². The molecule has 3 nitrogen and oxygen atoms in total. The fourth-order valence-corrected chi connectivity index (χ4v) is 0.678. The smallest absolute Gasteiger partial charge is 0.0991 e. The van der Waals surface area contributed by atoms with Gasteiger partial charge in [-0.25, -0.2) is 5.84 Å². The van der Waals surface area contributed by atoms with Crippen molar-refractivity contribution in [2.75, 3.05) is 5.23 Å². The van der Waals surface area contributed by atoms with E-state index in [2.05, 4.69) is 0 Å². The predicted octanol–water partition coefficient (Wildman–Crippen LogP) is 1.12. The van der Waals surface area contributed by atoms with E-state index >= 15 is 0 Å². The maximum Gasteiger partial charge on any atom is 0.0991 e. The summed E-state index contributed by atoms with van der Waals surface area (Å²) in [5.74, 6) is 4.79. The van der Waals surface area contributed by atoms with Crippen LogP contribution in [0.5, 0.6) is 0 Å². The summed E-state index contributed by atoms with van der Waals surface area (Å²) in [6.45, 7) is 0. The number of hydrazine groups is 1. The Morgan fingerprint density at radius 2 is 1.91 bits per heavy atom. The van der Waals surface area contributed by atoms with Crippen molar-refractivity contribution in [3.8, 4) is 6.07 Å². The zero-order valence-electron chi connectivity index (χ0n) is 5.66. The average Bonchev–Trinajstić information content (AvgIpc) is 2.05. The molecule has 0 aliphatic rings. The van der Waals surface area contributed by atoms with Gasteiger partial charge in [0.1, 0.15) is 0 Å². The Morgan fingerprint density at radius 1 is 1.36 bits per heavy atom. The number of rotatable bonds is 1. The van der Waals surface area contributed by atoms with Crippen LogP contribution in [-0.2, 0) is 0 Å². The van der Waals surface area contributed by atoms with Crippen molar-refractivity contribution >= 4 is 5.69 Å². The van der Waals surface area contributed by atoms with Gasteiger partial charge in [-0.05, 0) is 24.3 Å². The molecule has 0 heterocycles. The molecule has 0 radical (unpaired) electrons. The molecule has 0 fully saturated rings. The summed E-state index contributed by atoms with van der Waals surface area (Å²) in [5.41, 5.74) is 0.708. The van der Waals surface area contributed by atoms with Gasteiger partial charge in [0.2, 0.25) is 0 Å². The van der Waals surface area contributed by atoms with Gasteiger partial charge in [0.05, 0.1) is 17.3 Å². The molecule has 11 heavy (non-hydrogen) atoms. The Labute approximate surface area is 63.4 Å². The van der Waals surface area contributed by atoms with Gasteiger partial charge in [-0.15, -0.1) is 5.23 Å². The Morgan fingerprint density at radius 3 is 2.27 bits per heavy atom. The number of nitriles is 1. The maximum absolute atomic E-state index is 12.2. The SMILES string of the molecule is N#Cc1ccc(N(N)F)cc1. The lowest BCUT2D eigenvalue weighted by atomic mass is 10.2. The molecule has 0 bridgehead atoms. The van der Waals surface area contributed by atoms with Crippen molar-refractivity contribution in [2.45, 2.75) is 0 Å². The molecule has 4 heteroatoms. The van der Waals surface area contributed by atoms with Gasteiger partial charge in [-0.2, -0.15) is 5.26 Å². The Bertz CT molecular complexity index is 273. The first-order chi connectivity index (χ1) is 5.24. The summed E-state index contributed by atoms with van der Waals surface area (Å²) in [6.07, 6.45) is 0. The van der Waals surface area contributed by atoms with Crippen LogP contribution in [0.1, 0.15) is 5.56 Å². The molecule has 1 aromatic rings. The topological polar surface area (TPSA) is 53.0 Å². The summed E-state index contributed by atoms with van der Waals surface area (Å²) in [4.78, 5) is 0. The van der Waals surface area contributed by atoms with Crippen LogP contribution >= 0.6 is 0 Å². The molecule has 0 saturated heterocycles. The molecule has 0 atom stereocenters. The van der Waals surface area contributed by atoms with E-state index in [1.807, 2.05) is 6.07 Å². The van der Waals surface area contributed by atoms with Crippen molar-refractivity contribution in [1.82, 2.24) is 0 Å². The van der Waals surface area contributed by atoms with Crippen molar-refractivity contribution in [1.29, 1.82) is 5.26 Å². The maximum atomic E-state index is 12.2. The fourth-order valence-electron chi connectivity index (χ4n) is 0.678. The molecule has 0 saturated carbocycles. The van der Waals surface area contributed by atoms with Gasteiger partial charge >= 0.3 is 0 Å². The van der Waals surface area contributed by atoms with Crippen LogP contribution in [0.25, 0.3) is 0 Å². The number of benzene rings is 1. The minimum atomic E-state index is 0.00115. The van der Waals surface area contributed by atoms with Gasteiger partial charge in [0, 0.05) is 0 Å². The molecule has 0 spiro atoms. The number of anilines is 1. The Hall–Kier alpha value is -1.60. The summed E-state index contributed by atoms with van der Waals surface area (Å²) in [6, 6.07) is 7.76. The van der Waals surface area contributed by atoms with Crippen molar-refractivity contribution in [3.63, 3.8) is 0 Å². The quantitative estimate of drug-likeness (QED) is 0.371. The predicted molar refractivity (Wildman–Crippen MR) is 38.9 cm³/mol. The number of nitrogens with zero attached hydrogens (tertiary/aromatic N) is 2. The van der Waals surface area contributed by atoms with E-state index in [0.29, 0.717) is 5.56 Å². The van der Waals surface area contributed by atoms with Crippen LogP contribution in [0.2, 0.25) is 0 Å². The first-order valence-electron chi connectivity index (χ1n) is 2.95. The highest BCUT2D eigenvalue weighted by Gasteiger charge is 1.97. The number of halogens is 1. The number of nitrogens with two attached hydrogens (primary N) is 1. The van der Waals surface area contributed by atoms with Crippen molar-refractivity contribution in [2.24, 2.45) is 5.84 Å². The van der Waals surface area contributed by atoms with Gasteiger partial charge < -0.3 is 0 Å². The molecule has 1 rings (SSSR count). The standard InChI is InChI=1S/C7H6FN3/c8-11(10)7-3-1-6(5-9)2-4-7/h1-4H,10H2. The molecule has 0 aliphatic heterocycles. The molecule has 56 valence electrons. The first-order valence-corrected chi connectivity index (χ1v) is 2.95. The second-order valence-corrected chi connectivity index (χ2v) is 1.97. The molecule has 0 amide bonds. The monoisotopic (exact) mass is 151 g/mol. The van der Waals surface area contributed by atoms with Gasteiger partial charge in [-0.1, -0.05) is 4.48 Å². The Kier molecular flexibility index (Phi) is 2.04. The normalized spacial score (nSPS) is 8.82. The van der Waals surface area contributed by atoms with E-state index in [-0.39, 0.29) is 10.9 Å². The van der Waals surface area contributed by atoms with Crippen LogP contribution in [0.15, 0.2) is 24.3 Å². The van der Waals surface area contributed by atoms with Gasteiger partial charge in [-0.3, -0.25) is 0 Å². The number of hydrogen-bond acceptors (Lipinski definition) is 3. The summed E-state index contributed by atoms with van der Waals surface area (Å²) in [5, 5.41) is 8.38. The summed E-state index contributed by atoms with van der Waals surface area (Å²) >= 11 is 0.